The Hall–Kier alpha value is -0.610. The minimum atomic E-state index is 0.0388. The Balaban J connectivity index is 2.39. The van der Waals surface area contributed by atoms with Crippen molar-refractivity contribution in [1.82, 2.24) is 15.5 Å². The molecule has 0 radical (unpaired) electrons. The second-order valence-corrected chi connectivity index (χ2v) is 4.06. The first-order chi connectivity index (χ1) is 6.66. The van der Waals surface area contributed by atoms with E-state index < -0.39 is 0 Å². The quantitative estimate of drug-likeness (QED) is 0.651. The molecule has 82 valence electrons. The maximum absolute atomic E-state index is 11.9. The van der Waals surface area contributed by atoms with Crippen molar-refractivity contribution in [3.63, 3.8) is 0 Å². The summed E-state index contributed by atoms with van der Waals surface area (Å²) in [5, 5.41) is 6.29. The molecule has 1 fully saturated rings. The highest BCUT2D eigenvalue weighted by Gasteiger charge is 2.30. The highest BCUT2D eigenvalue weighted by Crippen LogP contribution is 2.15. The van der Waals surface area contributed by atoms with Crippen LogP contribution < -0.4 is 10.6 Å². The first-order valence-corrected chi connectivity index (χ1v) is 5.29. The average Bonchev–Trinajstić information content (AvgIpc) is 2.59. The molecule has 1 aliphatic heterocycles. The van der Waals surface area contributed by atoms with Gasteiger partial charge >= 0.3 is 0 Å². The van der Waals surface area contributed by atoms with Crippen molar-refractivity contribution in [3.8, 4) is 0 Å². The number of likely N-dealkylation sites (N-methyl/N-ethyl adjacent to an activating group) is 2. The molecule has 1 heterocycles. The highest BCUT2D eigenvalue weighted by molar-refractivity contribution is 5.82. The number of hydrogen-bond donors (Lipinski definition) is 2. The number of hydrogen-bond acceptors (Lipinski definition) is 3. The van der Waals surface area contributed by atoms with E-state index in [-0.39, 0.29) is 11.9 Å². The molecule has 2 N–H and O–H groups in total. The molecule has 0 bridgehead atoms. The fourth-order valence-corrected chi connectivity index (χ4v) is 1.79. The number of nitrogens with one attached hydrogen (secondary N) is 2. The lowest BCUT2D eigenvalue weighted by molar-refractivity contribution is -0.132. The third kappa shape index (κ3) is 2.69. The molecule has 1 aliphatic rings. The molecule has 14 heavy (non-hydrogen) atoms. The van der Waals surface area contributed by atoms with Gasteiger partial charge < -0.3 is 15.5 Å². The van der Waals surface area contributed by atoms with Crippen molar-refractivity contribution in [2.75, 3.05) is 33.7 Å². The van der Waals surface area contributed by atoms with Crippen LogP contribution >= 0.6 is 0 Å². The van der Waals surface area contributed by atoms with E-state index in [1.807, 2.05) is 14.1 Å². The summed E-state index contributed by atoms with van der Waals surface area (Å²) < 4.78 is 0. The Bertz CT molecular complexity index is 196. The van der Waals surface area contributed by atoms with Gasteiger partial charge in [0.05, 0.1) is 6.04 Å². The Kier molecular flexibility index (Phi) is 4.35. The zero-order valence-electron chi connectivity index (χ0n) is 9.34. The fourth-order valence-electron chi connectivity index (χ4n) is 1.79. The number of carbonyl (C=O) groups is 1. The van der Waals surface area contributed by atoms with Crippen molar-refractivity contribution < 1.29 is 4.79 Å². The van der Waals surface area contributed by atoms with E-state index in [9.17, 15) is 4.79 Å². The molecule has 0 aromatic rings. The summed E-state index contributed by atoms with van der Waals surface area (Å²) in [4.78, 5) is 13.7. The van der Waals surface area contributed by atoms with Gasteiger partial charge in [-0.05, 0) is 25.9 Å². The van der Waals surface area contributed by atoms with Crippen molar-refractivity contribution in [2.45, 2.75) is 19.4 Å². The van der Waals surface area contributed by atoms with Gasteiger partial charge in [-0.2, -0.15) is 0 Å². The summed E-state index contributed by atoms with van der Waals surface area (Å²) in [5.74, 6) is 0.699. The first kappa shape index (κ1) is 11.5. The van der Waals surface area contributed by atoms with Crippen LogP contribution in [0.3, 0.4) is 0 Å². The van der Waals surface area contributed by atoms with Gasteiger partial charge in [-0.3, -0.25) is 4.79 Å². The third-order valence-corrected chi connectivity index (χ3v) is 2.87. The minimum absolute atomic E-state index is 0.0388. The Morgan fingerprint density at radius 3 is 2.86 bits per heavy atom. The standard InChI is InChI=1S/C10H21N3O/c1-8-4-5-12-9(8)10(14)13(3)7-6-11-2/h8-9,11-12H,4-7H2,1-3H3. The van der Waals surface area contributed by atoms with E-state index in [2.05, 4.69) is 17.6 Å². The smallest absolute Gasteiger partial charge is 0.239 e. The zero-order valence-corrected chi connectivity index (χ0v) is 9.34. The van der Waals surface area contributed by atoms with Gasteiger partial charge in [-0.1, -0.05) is 6.92 Å². The third-order valence-electron chi connectivity index (χ3n) is 2.87. The summed E-state index contributed by atoms with van der Waals surface area (Å²) in [7, 11) is 3.77. The average molecular weight is 199 g/mol. The van der Waals surface area contributed by atoms with Crippen molar-refractivity contribution in [2.24, 2.45) is 5.92 Å². The van der Waals surface area contributed by atoms with Crippen molar-refractivity contribution in [1.29, 1.82) is 0 Å². The highest BCUT2D eigenvalue weighted by atomic mass is 16.2. The van der Waals surface area contributed by atoms with E-state index in [4.69, 9.17) is 0 Å². The largest absolute Gasteiger partial charge is 0.343 e. The van der Waals surface area contributed by atoms with Crippen LogP contribution in [0.5, 0.6) is 0 Å². The van der Waals surface area contributed by atoms with E-state index in [0.717, 1.165) is 26.1 Å². The van der Waals surface area contributed by atoms with Gasteiger partial charge in [-0.25, -0.2) is 0 Å². The summed E-state index contributed by atoms with van der Waals surface area (Å²) >= 11 is 0. The number of rotatable bonds is 4. The molecule has 1 amide bonds. The van der Waals surface area contributed by atoms with Crippen molar-refractivity contribution in [3.05, 3.63) is 0 Å². The van der Waals surface area contributed by atoms with Gasteiger partial charge in [0.1, 0.15) is 0 Å². The van der Waals surface area contributed by atoms with Gasteiger partial charge in [-0.15, -0.1) is 0 Å². The van der Waals surface area contributed by atoms with E-state index in [1.165, 1.54) is 0 Å². The summed E-state index contributed by atoms with van der Waals surface area (Å²) in [6.07, 6.45) is 1.11. The molecule has 4 heteroatoms. The lowest BCUT2D eigenvalue weighted by atomic mass is 10.0. The van der Waals surface area contributed by atoms with Crippen LogP contribution in [0, 0.1) is 5.92 Å². The van der Waals surface area contributed by atoms with Gasteiger partial charge in [0, 0.05) is 20.1 Å². The van der Waals surface area contributed by atoms with Crippen LogP contribution in [-0.2, 0) is 4.79 Å². The molecular formula is C10H21N3O. The predicted octanol–water partition coefficient (Wildman–Crippen LogP) is -0.338. The zero-order chi connectivity index (χ0) is 10.6. The van der Waals surface area contributed by atoms with E-state index >= 15 is 0 Å². The molecule has 1 saturated heterocycles. The van der Waals surface area contributed by atoms with Gasteiger partial charge in [0.25, 0.3) is 0 Å². The Morgan fingerprint density at radius 2 is 2.36 bits per heavy atom. The molecule has 2 atom stereocenters. The summed E-state index contributed by atoms with van der Waals surface area (Å²) in [6.45, 7) is 4.73. The van der Waals surface area contributed by atoms with Gasteiger partial charge in [0.15, 0.2) is 0 Å². The molecular weight excluding hydrogens is 178 g/mol. The van der Waals surface area contributed by atoms with Crippen LogP contribution in [0.15, 0.2) is 0 Å². The minimum Gasteiger partial charge on any atom is -0.343 e. The Morgan fingerprint density at radius 1 is 1.64 bits per heavy atom. The number of amides is 1. The summed E-state index contributed by atoms with van der Waals surface area (Å²) in [6, 6.07) is 0.0388. The van der Waals surface area contributed by atoms with Crippen LogP contribution in [0.25, 0.3) is 0 Å². The maximum Gasteiger partial charge on any atom is 0.239 e. The molecule has 0 aromatic heterocycles. The van der Waals surface area contributed by atoms with Crippen LogP contribution in [-0.4, -0.2) is 50.6 Å². The van der Waals surface area contributed by atoms with Gasteiger partial charge in [0.2, 0.25) is 5.91 Å². The Labute approximate surface area is 86.0 Å². The molecule has 0 aromatic carbocycles. The topological polar surface area (TPSA) is 44.4 Å². The second kappa shape index (κ2) is 5.32. The predicted molar refractivity (Wildman–Crippen MR) is 57.1 cm³/mol. The maximum atomic E-state index is 11.9. The normalized spacial score (nSPS) is 26.5. The second-order valence-electron chi connectivity index (χ2n) is 4.06. The summed E-state index contributed by atoms with van der Waals surface area (Å²) in [5.41, 5.74) is 0. The van der Waals surface area contributed by atoms with E-state index in [1.54, 1.807) is 4.90 Å². The number of nitrogens with zero attached hydrogens (tertiary/aromatic N) is 1. The fraction of sp³-hybridized carbons (Fsp3) is 0.900. The number of carbonyl (C=O) groups excluding carboxylic acids is 1. The molecule has 4 nitrogen and oxygen atoms in total. The molecule has 0 aliphatic carbocycles. The molecule has 1 rings (SSSR count). The SMILES string of the molecule is CNCCN(C)C(=O)C1NCCC1C. The molecule has 2 unspecified atom stereocenters. The van der Waals surface area contributed by atoms with E-state index in [0.29, 0.717) is 5.92 Å². The molecule has 0 spiro atoms. The monoisotopic (exact) mass is 199 g/mol. The molecule has 0 saturated carbocycles. The van der Waals surface area contributed by atoms with Crippen LogP contribution in [0.2, 0.25) is 0 Å². The van der Waals surface area contributed by atoms with Crippen molar-refractivity contribution >= 4 is 5.91 Å². The first-order valence-electron chi connectivity index (χ1n) is 5.29. The lowest BCUT2D eigenvalue weighted by Crippen LogP contribution is -2.45. The van der Waals surface area contributed by atoms with Crippen LogP contribution in [0.4, 0.5) is 0 Å². The lowest BCUT2D eigenvalue weighted by Gasteiger charge is -2.23. The van der Waals surface area contributed by atoms with Crippen LogP contribution in [0.1, 0.15) is 13.3 Å².